The van der Waals surface area contributed by atoms with Crippen LogP contribution >= 0.6 is 0 Å². The molecule has 0 radical (unpaired) electrons. The summed E-state index contributed by atoms with van der Waals surface area (Å²) in [5.74, 6) is -1.98. The van der Waals surface area contributed by atoms with Crippen molar-refractivity contribution in [1.29, 1.82) is 0 Å². The summed E-state index contributed by atoms with van der Waals surface area (Å²) in [5, 5.41) is 20.9. The molecule has 0 aliphatic carbocycles. The van der Waals surface area contributed by atoms with E-state index in [1.807, 2.05) is 0 Å². The van der Waals surface area contributed by atoms with E-state index >= 15 is 0 Å². The van der Waals surface area contributed by atoms with Crippen molar-refractivity contribution in [2.24, 2.45) is 0 Å². The first-order valence-electron chi connectivity index (χ1n) is 6.38. The fraction of sp³-hybridized carbons (Fsp3) is 0.286. The van der Waals surface area contributed by atoms with E-state index < -0.39 is 17.6 Å². The van der Waals surface area contributed by atoms with Gasteiger partial charge in [0.25, 0.3) is 11.6 Å². The van der Waals surface area contributed by atoms with Gasteiger partial charge >= 0.3 is 5.97 Å². The molecule has 112 valence electrons. The number of aromatic hydroxyl groups is 1. The van der Waals surface area contributed by atoms with Gasteiger partial charge in [-0.05, 0) is 26.0 Å². The van der Waals surface area contributed by atoms with Gasteiger partial charge in [-0.1, -0.05) is 12.1 Å². The summed E-state index contributed by atoms with van der Waals surface area (Å²) in [6.45, 7) is 3.24. The van der Waals surface area contributed by atoms with Crippen LogP contribution in [-0.2, 0) is 9.53 Å². The fourth-order valence-electron chi connectivity index (χ4n) is 2.03. The summed E-state index contributed by atoms with van der Waals surface area (Å²) < 4.78 is 4.79. The number of phenolic OH excluding ortho intramolecular Hbond substituents is 1. The SMILES string of the molecule is CCOC(=O)C1(O)C=C(C)NN1C(=O)c1ccccc1O. The number of amides is 1. The maximum atomic E-state index is 12.4. The van der Waals surface area contributed by atoms with Crippen LogP contribution in [0.1, 0.15) is 24.2 Å². The van der Waals surface area contributed by atoms with Crippen LogP contribution in [0.3, 0.4) is 0 Å². The number of aliphatic hydroxyl groups is 1. The molecule has 1 atom stereocenters. The molecule has 1 amide bonds. The molecule has 1 aliphatic heterocycles. The number of nitrogens with zero attached hydrogens (tertiary/aromatic N) is 1. The molecule has 7 heteroatoms. The van der Waals surface area contributed by atoms with Crippen LogP contribution in [-0.4, -0.2) is 39.4 Å². The summed E-state index contributed by atoms with van der Waals surface area (Å²) in [7, 11) is 0. The number of nitrogens with one attached hydrogen (secondary N) is 1. The number of ether oxygens (including phenoxy) is 1. The lowest BCUT2D eigenvalue weighted by Gasteiger charge is -2.30. The average molecular weight is 292 g/mol. The molecule has 0 spiro atoms. The third-order valence-electron chi connectivity index (χ3n) is 2.96. The molecular formula is C14H16N2O5. The molecule has 0 saturated heterocycles. The van der Waals surface area contributed by atoms with Gasteiger partial charge in [-0.15, -0.1) is 0 Å². The Labute approximate surface area is 121 Å². The van der Waals surface area contributed by atoms with Gasteiger partial charge in [0.05, 0.1) is 12.2 Å². The van der Waals surface area contributed by atoms with Crippen LogP contribution in [0.5, 0.6) is 5.75 Å². The number of para-hydroxylation sites is 1. The van der Waals surface area contributed by atoms with Crippen molar-refractivity contribution in [3.8, 4) is 5.75 Å². The van der Waals surface area contributed by atoms with Gasteiger partial charge in [0, 0.05) is 11.8 Å². The van der Waals surface area contributed by atoms with E-state index in [4.69, 9.17) is 4.74 Å². The van der Waals surface area contributed by atoms with Gasteiger partial charge < -0.3 is 14.9 Å². The maximum absolute atomic E-state index is 12.4. The molecule has 0 saturated carbocycles. The zero-order valence-electron chi connectivity index (χ0n) is 11.7. The van der Waals surface area contributed by atoms with Crippen LogP contribution in [0.25, 0.3) is 0 Å². The molecule has 2 rings (SSSR count). The van der Waals surface area contributed by atoms with Gasteiger partial charge in [0.15, 0.2) is 0 Å². The van der Waals surface area contributed by atoms with Crippen molar-refractivity contribution in [3.63, 3.8) is 0 Å². The van der Waals surface area contributed by atoms with E-state index in [-0.39, 0.29) is 17.9 Å². The normalized spacial score (nSPS) is 20.7. The third-order valence-corrected chi connectivity index (χ3v) is 2.96. The molecule has 7 nitrogen and oxygen atoms in total. The summed E-state index contributed by atoms with van der Waals surface area (Å²) in [6, 6.07) is 5.85. The maximum Gasteiger partial charge on any atom is 0.366 e. The highest BCUT2D eigenvalue weighted by molar-refractivity contribution is 6.00. The number of rotatable bonds is 3. The number of hydrazine groups is 1. The second kappa shape index (κ2) is 5.45. The molecule has 0 fully saturated rings. The number of carbonyl (C=O) groups excluding carboxylic acids is 2. The van der Waals surface area contributed by atoms with E-state index in [0.29, 0.717) is 5.70 Å². The van der Waals surface area contributed by atoms with Crippen molar-refractivity contribution in [2.75, 3.05) is 6.61 Å². The highest BCUT2D eigenvalue weighted by Gasteiger charge is 2.49. The number of esters is 1. The fourth-order valence-corrected chi connectivity index (χ4v) is 2.03. The van der Waals surface area contributed by atoms with Gasteiger partial charge in [-0.3, -0.25) is 10.2 Å². The van der Waals surface area contributed by atoms with Crippen molar-refractivity contribution in [1.82, 2.24) is 10.4 Å². The largest absolute Gasteiger partial charge is 0.507 e. The molecule has 0 aromatic heterocycles. The van der Waals surface area contributed by atoms with Gasteiger partial charge in [-0.25, -0.2) is 9.80 Å². The third kappa shape index (κ3) is 2.55. The van der Waals surface area contributed by atoms with E-state index in [1.54, 1.807) is 26.0 Å². The van der Waals surface area contributed by atoms with Gasteiger partial charge in [0.2, 0.25) is 0 Å². The summed E-state index contributed by atoms with van der Waals surface area (Å²) in [5.41, 5.74) is 0.708. The number of phenols is 1. The van der Waals surface area contributed by atoms with Gasteiger partial charge in [0.1, 0.15) is 5.75 Å². The number of carbonyl (C=O) groups is 2. The van der Waals surface area contributed by atoms with Crippen LogP contribution in [0, 0.1) is 0 Å². The van der Waals surface area contributed by atoms with E-state index in [9.17, 15) is 19.8 Å². The molecular weight excluding hydrogens is 276 g/mol. The van der Waals surface area contributed by atoms with Crippen LogP contribution in [0.15, 0.2) is 36.0 Å². The summed E-state index contributed by atoms with van der Waals surface area (Å²) in [6.07, 6.45) is 1.18. The summed E-state index contributed by atoms with van der Waals surface area (Å²) in [4.78, 5) is 24.4. The Hall–Kier alpha value is -2.54. The van der Waals surface area contributed by atoms with E-state index in [0.717, 1.165) is 5.01 Å². The van der Waals surface area contributed by atoms with E-state index in [1.165, 1.54) is 18.2 Å². The quantitative estimate of drug-likeness (QED) is 0.702. The number of hydrogen-bond donors (Lipinski definition) is 3. The topological polar surface area (TPSA) is 99.1 Å². The number of hydrogen-bond acceptors (Lipinski definition) is 6. The first-order chi connectivity index (χ1) is 9.90. The van der Waals surface area contributed by atoms with Crippen LogP contribution < -0.4 is 5.43 Å². The molecule has 1 heterocycles. The smallest absolute Gasteiger partial charge is 0.366 e. The summed E-state index contributed by atoms with van der Waals surface area (Å²) >= 11 is 0. The predicted molar refractivity (Wildman–Crippen MR) is 72.8 cm³/mol. The Balaban J connectivity index is 2.37. The van der Waals surface area contributed by atoms with Crippen molar-refractivity contribution in [3.05, 3.63) is 41.6 Å². The Bertz CT molecular complexity index is 613. The molecule has 21 heavy (non-hydrogen) atoms. The Morgan fingerprint density at radius 3 is 2.67 bits per heavy atom. The second-order valence-electron chi connectivity index (χ2n) is 4.54. The minimum absolute atomic E-state index is 0.0455. The molecule has 1 unspecified atom stereocenters. The minimum atomic E-state index is -2.25. The van der Waals surface area contributed by atoms with Crippen LogP contribution in [0.4, 0.5) is 0 Å². The molecule has 1 aromatic carbocycles. The lowest BCUT2D eigenvalue weighted by Crippen LogP contribution is -2.57. The predicted octanol–water partition coefficient (Wildman–Crippen LogP) is 0.508. The number of benzene rings is 1. The van der Waals surface area contributed by atoms with Gasteiger partial charge in [-0.2, -0.15) is 0 Å². The van der Waals surface area contributed by atoms with Crippen molar-refractivity contribution < 1.29 is 24.5 Å². The number of allylic oxidation sites excluding steroid dienone is 1. The van der Waals surface area contributed by atoms with Crippen molar-refractivity contribution in [2.45, 2.75) is 19.6 Å². The van der Waals surface area contributed by atoms with Crippen LogP contribution in [0.2, 0.25) is 0 Å². The average Bonchev–Trinajstić information content (AvgIpc) is 2.75. The minimum Gasteiger partial charge on any atom is -0.507 e. The van der Waals surface area contributed by atoms with Crippen molar-refractivity contribution >= 4 is 11.9 Å². The first kappa shape index (κ1) is 14.9. The lowest BCUT2D eigenvalue weighted by molar-refractivity contribution is -0.174. The molecule has 1 aliphatic rings. The Morgan fingerprint density at radius 1 is 1.38 bits per heavy atom. The standard InChI is InChI=1S/C14H16N2O5/c1-3-21-13(19)14(20)8-9(2)15-16(14)12(18)10-6-4-5-7-11(10)17/h4-8,15,17,20H,3H2,1-2H3. The molecule has 0 bridgehead atoms. The molecule has 1 aromatic rings. The highest BCUT2D eigenvalue weighted by Crippen LogP contribution is 2.27. The monoisotopic (exact) mass is 292 g/mol. The highest BCUT2D eigenvalue weighted by atomic mass is 16.6. The van der Waals surface area contributed by atoms with E-state index in [2.05, 4.69) is 5.43 Å². The first-order valence-corrected chi connectivity index (χ1v) is 6.38. The Kier molecular flexibility index (Phi) is 3.86. The lowest BCUT2D eigenvalue weighted by atomic mass is 10.1. The zero-order valence-corrected chi connectivity index (χ0v) is 11.7. The zero-order chi connectivity index (χ0) is 15.6. The second-order valence-corrected chi connectivity index (χ2v) is 4.54. The molecule has 3 N–H and O–H groups in total. The Morgan fingerprint density at radius 2 is 2.05 bits per heavy atom.